The van der Waals surface area contributed by atoms with Crippen LogP contribution in [0.1, 0.15) is 25.7 Å². The number of hydrogen-bond donors (Lipinski definition) is 1. The van der Waals surface area contributed by atoms with Crippen LogP contribution >= 0.6 is 36.4 Å². The molecule has 0 aromatic heterocycles. The molecule has 1 saturated heterocycles. The fourth-order valence-electron chi connectivity index (χ4n) is 2.83. The SMILES string of the molecule is CNC1CCN(CCCCOc2ccc(Cl)cc2OC)CC1.Cl.Cl. The molecule has 4 nitrogen and oxygen atoms in total. The lowest BCUT2D eigenvalue weighted by atomic mass is 10.1. The van der Waals surface area contributed by atoms with Gasteiger partial charge >= 0.3 is 0 Å². The second-order valence-corrected chi connectivity index (χ2v) is 6.19. The molecule has 0 spiro atoms. The second kappa shape index (κ2) is 12.9. The van der Waals surface area contributed by atoms with E-state index in [1.165, 1.54) is 32.4 Å². The molecule has 1 aromatic rings. The molecule has 140 valence electrons. The van der Waals surface area contributed by atoms with Crippen LogP contribution in [0.2, 0.25) is 5.02 Å². The Morgan fingerprint density at radius 3 is 2.50 bits per heavy atom. The van der Waals surface area contributed by atoms with Crippen molar-refractivity contribution in [2.45, 2.75) is 31.7 Å². The van der Waals surface area contributed by atoms with E-state index in [1.54, 1.807) is 13.2 Å². The van der Waals surface area contributed by atoms with Gasteiger partial charge in [-0.2, -0.15) is 0 Å². The Bertz CT molecular complexity index is 455. The van der Waals surface area contributed by atoms with Crippen molar-refractivity contribution in [3.8, 4) is 11.5 Å². The van der Waals surface area contributed by atoms with Gasteiger partial charge in [0.1, 0.15) is 0 Å². The average Bonchev–Trinajstić information content (AvgIpc) is 2.56. The minimum absolute atomic E-state index is 0. The van der Waals surface area contributed by atoms with Crippen molar-refractivity contribution in [3.05, 3.63) is 23.2 Å². The molecule has 0 amide bonds. The summed E-state index contributed by atoms with van der Waals surface area (Å²) in [4.78, 5) is 2.55. The van der Waals surface area contributed by atoms with Gasteiger partial charge in [0.05, 0.1) is 13.7 Å². The van der Waals surface area contributed by atoms with Crippen molar-refractivity contribution in [2.75, 3.05) is 40.4 Å². The van der Waals surface area contributed by atoms with Crippen LogP contribution in [0.4, 0.5) is 0 Å². The van der Waals surface area contributed by atoms with E-state index < -0.39 is 0 Å². The molecule has 0 atom stereocenters. The van der Waals surface area contributed by atoms with Crippen LogP contribution in [0.15, 0.2) is 18.2 Å². The fourth-order valence-corrected chi connectivity index (χ4v) is 2.99. The number of likely N-dealkylation sites (tertiary alicyclic amines) is 1. The van der Waals surface area contributed by atoms with E-state index in [9.17, 15) is 0 Å². The van der Waals surface area contributed by atoms with E-state index in [2.05, 4.69) is 17.3 Å². The number of unbranched alkanes of at least 4 members (excludes halogenated alkanes) is 1. The highest BCUT2D eigenvalue weighted by Gasteiger charge is 2.16. The number of halogens is 3. The minimum atomic E-state index is 0. The third kappa shape index (κ3) is 7.66. The lowest BCUT2D eigenvalue weighted by Gasteiger charge is -2.31. The van der Waals surface area contributed by atoms with Gasteiger partial charge in [0.2, 0.25) is 0 Å². The summed E-state index contributed by atoms with van der Waals surface area (Å²) in [5.74, 6) is 1.46. The van der Waals surface area contributed by atoms with Crippen LogP contribution in [-0.4, -0.2) is 51.3 Å². The zero-order chi connectivity index (χ0) is 15.8. The highest BCUT2D eigenvalue weighted by atomic mass is 35.5. The Morgan fingerprint density at radius 1 is 1.17 bits per heavy atom. The molecule has 1 fully saturated rings. The van der Waals surface area contributed by atoms with Gasteiger partial charge in [0.15, 0.2) is 11.5 Å². The quantitative estimate of drug-likeness (QED) is 0.669. The van der Waals surface area contributed by atoms with Crippen molar-refractivity contribution in [2.24, 2.45) is 0 Å². The smallest absolute Gasteiger partial charge is 0.162 e. The van der Waals surface area contributed by atoms with Gasteiger partial charge in [0.25, 0.3) is 0 Å². The monoisotopic (exact) mass is 398 g/mol. The lowest BCUT2D eigenvalue weighted by molar-refractivity contribution is 0.192. The topological polar surface area (TPSA) is 33.7 Å². The predicted molar refractivity (Wildman–Crippen MR) is 106 cm³/mol. The normalized spacial score (nSPS) is 15.3. The molecule has 2 rings (SSSR count). The van der Waals surface area contributed by atoms with Crippen LogP contribution in [0, 0.1) is 0 Å². The van der Waals surface area contributed by atoms with Crippen molar-refractivity contribution < 1.29 is 9.47 Å². The highest BCUT2D eigenvalue weighted by Crippen LogP contribution is 2.30. The van der Waals surface area contributed by atoms with Gasteiger partial charge in [-0.15, -0.1) is 24.8 Å². The molecule has 1 heterocycles. The Hall–Kier alpha value is -0.390. The molecule has 24 heavy (non-hydrogen) atoms. The van der Waals surface area contributed by atoms with Crippen LogP contribution in [-0.2, 0) is 0 Å². The molecule has 0 unspecified atom stereocenters. The fraction of sp³-hybridized carbons (Fsp3) is 0.647. The summed E-state index contributed by atoms with van der Waals surface area (Å²) in [6.07, 6.45) is 4.74. The molecule has 1 aliphatic heterocycles. The Morgan fingerprint density at radius 2 is 1.88 bits per heavy atom. The first-order valence-electron chi connectivity index (χ1n) is 8.09. The van der Waals surface area contributed by atoms with Crippen LogP contribution in [0.25, 0.3) is 0 Å². The standard InChI is InChI=1S/C17H27ClN2O2.2ClH/c1-19-15-7-10-20(11-8-15)9-3-4-12-22-16-6-5-14(18)13-17(16)21-2;;/h5-6,13,15,19H,3-4,7-12H2,1-2H3;2*1H. The average molecular weight is 400 g/mol. The molecule has 1 N–H and O–H groups in total. The number of methoxy groups -OCH3 is 1. The number of hydrogen-bond acceptors (Lipinski definition) is 4. The maximum Gasteiger partial charge on any atom is 0.162 e. The summed E-state index contributed by atoms with van der Waals surface area (Å²) >= 11 is 5.94. The summed E-state index contributed by atoms with van der Waals surface area (Å²) in [5, 5.41) is 4.03. The molecule has 7 heteroatoms. The first-order valence-corrected chi connectivity index (χ1v) is 8.46. The van der Waals surface area contributed by atoms with E-state index in [-0.39, 0.29) is 24.8 Å². The number of rotatable bonds is 8. The first-order chi connectivity index (χ1) is 10.7. The first kappa shape index (κ1) is 23.6. The summed E-state index contributed by atoms with van der Waals surface area (Å²) in [7, 11) is 3.69. The summed E-state index contributed by atoms with van der Waals surface area (Å²) in [5.41, 5.74) is 0. The third-order valence-electron chi connectivity index (χ3n) is 4.25. The molecule has 0 saturated carbocycles. The van der Waals surface area contributed by atoms with E-state index >= 15 is 0 Å². The number of nitrogens with zero attached hydrogens (tertiary/aromatic N) is 1. The molecular weight excluding hydrogens is 371 g/mol. The number of benzene rings is 1. The van der Waals surface area contributed by atoms with Crippen LogP contribution in [0.5, 0.6) is 11.5 Å². The largest absolute Gasteiger partial charge is 0.493 e. The summed E-state index contributed by atoms with van der Waals surface area (Å²) in [6, 6.07) is 6.18. The van der Waals surface area contributed by atoms with Gasteiger partial charge < -0.3 is 19.7 Å². The molecule has 0 aliphatic carbocycles. The Balaban J connectivity index is 0.00000264. The molecular formula is C17H29Cl3N2O2. The van der Waals surface area contributed by atoms with Gasteiger partial charge in [-0.1, -0.05) is 11.6 Å². The van der Waals surface area contributed by atoms with E-state index in [0.29, 0.717) is 23.4 Å². The number of ether oxygens (including phenoxy) is 2. The molecule has 1 aromatic carbocycles. The molecule has 0 radical (unpaired) electrons. The van der Waals surface area contributed by atoms with E-state index in [0.717, 1.165) is 18.7 Å². The Labute approximate surface area is 163 Å². The predicted octanol–water partition coefficient (Wildman–Crippen LogP) is 4.04. The van der Waals surface area contributed by atoms with Gasteiger partial charge in [-0.3, -0.25) is 0 Å². The maximum absolute atomic E-state index is 5.94. The minimum Gasteiger partial charge on any atom is -0.493 e. The van der Waals surface area contributed by atoms with Crippen LogP contribution < -0.4 is 14.8 Å². The molecule has 0 bridgehead atoms. The van der Waals surface area contributed by atoms with Crippen molar-refractivity contribution >= 4 is 36.4 Å². The maximum atomic E-state index is 5.94. The van der Waals surface area contributed by atoms with E-state index in [1.807, 2.05) is 12.1 Å². The zero-order valence-corrected chi connectivity index (χ0v) is 16.8. The zero-order valence-electron chi connectivity index (χ0n) is 14.4. The van der Waals surface area contributed by atoms with Gasteiger partial charge in [0, 0.05) is 17.1 Å². The van der Waals surface area contributed by atoms with Gasteiger partial charge in [-0.25, -0.2) is 0 Å². The number of nitrogens with one attached hydrogen (secondary N) is 1. The third-order valence-corrected chi connectivity index (χ3v) is 4.48. The van der Waals surface area contributed by atoms with Gasteiger partial charge in [-0.05, 0) is 64.5 Å². The molecule has 1 aliphatic rings. The summed E-state index contributed by atoms with van der Waals surface area (Å²) in [6.45, 7) is 4.29. The second-order valence-electron chi connectivity index (χ2n) is 5.76. The number of piperidine rings is 1. The lowest BCUT2D eigenvalue weighted by Crippen LogP contribution is -2.41. The van der Waals surface area contributed by atoms with Crippen LogP contribution in [0.3, 0.4) is 0 Å². The van der Waals surface area contributed by atoms with E-state index in [4.69, 9.17) is 21.1 Å². The van der Waals surface area contributed by atoms with Crippen molar-refractivity contribution in [1.29, 1.82) is 0 Å². The van der Waals surface area contributed by atoms with Crippen molar-refractivity contribution in [1.82, 2.24) is 10.2 Å². The summed E-state index contributed by atoms with van der Waals surface area (Å²) < 4.78 is 11.1. The Kier molecular flexibility index (Phi) is 12.7. The highest BCUT2D eigenvalue weighted by molar-refractivity contribution is 6.30. The van der Waals surface area contributed by atoms with Crippen molar-refractivity contribution in [3.63, 3.8) is 0 Å².